The van der Waals surface area contributed by atoms with E-state index in [-0.39, 0.29) is 5.75 Å². The highest BCUT2D eigenvalue weighted by Gasteiger charge is 2.10. The first kappa shape index (κ1) is 11.7. The summed E-state index contributed by atoms with van der Waals surface area (Å²) in [6, 6.07) is 5.42. The highest BCUT2D eigenvalue weighted by atomic mass is 32.2. The number of hydrogen-bond acceptors (Lipinski definition) is 4. The minimum absolute atomic E-state index is 0.0136. The number of sulfone groups is 1. The molecule has 0 atom stereocenters. The minimum Gasteiger partial charge on any atom is -0.264 e. The molecule has 0 aliphatic rings. The summed E-state index contributed by atoms with van der Waals surface area (Å²) in [7, 11) is -3.06. The lowest BCUT2D eigenvalue weighted by Crippen LogP contribution is -2.02. The van der Waals surface area contributed by atoms with Crippen LogP contribution in [0, 0.1) is 0 Å². The molecule has 4 nitrogen and oxygen atoms in total. The molecular formula is C12H12N2O2S. The molecular weight excluding hydrogens is 236 g/mol. The molecule has 0 aliphatic heterocycles. The van der Waals surface area contributed by atoms with Crippen LogP contribution in [0.5, 0.6) is 0 Å². The van der Waals surface area contributed by atoms with Crippen LogP contribution in [0.3, 0.4) is 0 Å². The fourth-order valence-corrected chi connectivity index (χ4v) is 2.43. The van der Waals surface area contributed by atoms with Gasteiger partial charge in [-0.1, -0.05) is 6.07 Å². The molecule has 0 fully saturated rings. The van der Waals surface area contributed by atoms with Crippen LogP contribution in [0.1, 0.15) is 5.56 Å². The van der Waals surface area contributed by atoms with Crippen molar-refractivity contribution in [2.45, 2.75) is 5.75 Å². The normalized spacial score (nSPS) is 11.4. The summed E-state index contributed by atoms with van der Waals surface area (Å²) in [6.45, 7) is 0. The van der Waals surface area contributed by atoms with Gasteiger partial charge in [-0.3, -0.25) is 9.97 Å². The largest absolute Gasteiger partial charge is 0.264 e. The van der Waals surface area contributed by atoms with Gasteiger partial charge in [0.25, 0.3) is 0 Å². The molecule has 0 N–H and O–H groups in total. The molecule has 88 valence electrons. The van der Waals surface area contributed by atoms with Gasteiger partial charge >= 0.3 is 0 Å². The fraction of sp³-hybridized carbons (Fsp3) is 0.167. The van der Waals surface area contributed by atoms with Gasteiger partial charge in [0.05, 0.1) is 5.75 Å². The zero-order chi connectivity index (χ0) is 12.3. The molecule has 0 bridgehead atoms. The van der Waals surface area contributed by atoms with E-state index < -0.39 is 9.84 Å². The van der Waals surface area contributed by atoms with Crippen molar-refractivity contribution in [1.29, 1.82) is 0 Å². The lowest BCUT2D eigenvalue weighted by molar-refractivity contribution is 0.601. The van der Waals surface area contributed by atoms with Gasteiger partial charge < -0.3 is 0 Å². The smallest absolute Gasteiger partial charge is 0.151 e. The Morgan fingerprint density at radius 3 is 2.53 bits per heavy atom. The summed E-state index contributed by atoms with van der Waals surface area (Å²) in [5, 5.41) is 0. The summed E-state index contributed by atoms with van der Waals surface area (Å²) < 4.78 is 22.7. The predicted molar refractivity (Wildman–Crippen MR) is 66.0 cm³/mol. The monoisotopic (exact) mass is 248 g/mol. The van der Waals surface area contributed by atoms with Crippen LogP contribution in [0.2, 0.25) is 0 Å². The van der Waals surface area contributed by atoms with E-state index >= 15 is 0 Å². The summed E-state index contributed by atoms with van der Waals surface area (Å²) in [6.07, 6.45) is 7.86. The van der Waals surface area contributed by atoms with E-state index in [4.69, 9.17) is 0 Å². The van der Waals surface area contributed by atoms with Crippen LogP contribution < -0.4 is 0 Å². The lowest BCUT2D eigenvalue weighted by Gasteiger charge is -2.07. The molecule has 2 aromatic heterocycles. The van der Waals surface area contributed by atoms with E-state index in [0.717, 1.165) is 16.7 Å². The van der Waals surface area contributed by atoms with E-state index in [0.29, 0.717) is 0 Å². The molecule has 0 saturated heterocycles. The minimum atomic E-state index is -3.06. The SMILES string of the molecule is CS(=O)(=O)Cc1ccncc1-c1cccnc1. The first-order valence-corrected chi connectivity index (χ1v) is 7.13. The van der Waals surface area contributed by atoms with E-state index in [1.165, 1.54) is 6.26 Å². The molecule has 2 rings (SSSR count). The Balaban J connectivity index is 2.49. The van der Waals surface area contributed by atoms with Crippen LogP contribution in [0.25, 0.3) is 11.1 Å². The number of hydrogen-bond donors (Lipinski definition) is 0. The maximum Gasteiger partial charge on any atom is 0.151 e. The zero-order valence-corrected chi connectivity index (χ0v) is 10.2. The third-order valence-corrected chi connectivity index (χ3v) is 3.14. The van der Waals surface area contributed by atoms with Crippen molar-refractivity contribution in [2.24, 2.45) is 0 Å². The second kappa shape index (κ2) is 4.63. The number of nitrogens with zero attached hydrogens (tertiary/aromatic N) is 2. The van der Waals surface area contributed by atoms with Crippen molar-refractivity contribution >= 4 is 9.84 Å². The summed E-state index contributed by atoms with van der Waals surface area (Å²) >= 11 is 0. The second-order valence-electron chi connectivity index (χ2n) is 3.84. The number of rotatable bonds is 3. The average Bonchev–Trinajstić information content (AvgIpc) is 2.29. The van der Waals surface area contributed by atoms with Crippen LogP contribution >= 0.6 is 0 Å². The van der Waals surface area contributed by atoms with Gasteiger partial charge in [0, 0.05) is 42.2 Å². The van der Waals surface area contributed by atoms with E-state index in [2.05, 4.69) is 9.97 Å². The van der Waals surface area contributed by atoms with Crippen LogP contribution in [0.4, 0.5) is 0 Å². The molecule has 5 heteroatoms. The standard InChI is InChI=1S/C12H12N2O2S/c1-17(15,16)9-11-4-6-14-8-12(11)10-3-2-5-13-7-10/h2-8H,9H2,1H3. The zero-order valence-electron chi connectivity index (χ0n) is 9.37. The maximum atomic E-state index is 11.3. The molecule has 0 aromatic carbocycles. The van der Waals surface area contributed by atoms with E-state index in [9.17, 15) is 8.42 Å². The molecule has 17 heavy (non-hydrogen) atoms. The van der Waals surface area contributed by atoms with Crippen LogP contribution in [-0.4, -0.2) is 24.6 Å². The summed E-state index contributed by atoms with van der Waals surface area (Å²) in [5.41, 5.74) is 2.43. The average molecular weight is 248 g/mol. The quantitative estimate of drug-likeness (QED) is 0.829. The van der Waals surface area contributed by atoms with Crippen LogP contribution in [0.15, 0.2) is 43.0 Å². The highest BCUT2D eigenvalue weighted by molar-refractivity contribution is 7.89. The van der Waals surface area contributed by atoms with Crippen molar-refractivity contribution in [3.63, 3.8) is 0 Å². The van der Waals surface area contributed by atoms with Crippen molar-refractivity contribution in [2.75, 3.05) is 6.26 Å². The predicted octanol–water partition coefficient (Wildman–Crippen LogP) is 1.69. The topological polar surface area (TPSA) is 59.9 Å². The van der Waals surface area contributed by atoms with Gasteiger partial charge in [-0.05, 0) is 17.7 Å². The molecule has 0 saturated carbocycles. The van der Waals surface area contributed by atoms with Gasteiger partial charge in [-0.25, -0.2) is 8.42 Å². The maximum absolute atomic E-state index is 11.3. The Kier molecular flexibility index (Phi) is 3.19. The Hall–Kier alpha value is -1.75. The Morgan fingerprint density at radius 2 is 1.88 bits per heavy atom. The van der Waals surface area contributed by atoms with Gasteiger partial charge in [0.15, 0.2) is 9.84 Å². The third kappa shape index (κ3) is 3.10. The molecule has 2 heterocycles. The second-order valence-corrected chi connectivity index (χ2v) is 5.98. The molecule has 2 aromatic rings. The number of aromatic nitrogens is 2. The molecule has 0 unspecified atom stereocenters. The van der Waals surface area contributed by atoms with Gasteiger partial charge in [-0.2, -0.15) is 0 Å². The summed E-state index contributed by atoms with van der Waals surface area (Å²) in [5.74, 6) is 0.0136. The fourth-order valence-electron chi connectivity index (χ4n) is 1.61. The van der Waals surface area contributed by atoms with E-state index in [1.54, 1.807) is 30.9 Å². The molecule has 0 spiro atoms. The van der Waals surface area contributed by atoms with Gasteiger partial charge in [0.2, 0.25) is 0 Å². The third-order valence-electron chi connectivity index (χ3n) is 2.30. The molecule has 0 aliphatic carbocycles. The van der Waals surface area contributed by atoms with Crippen molar-refractivity contribution in [3.8, 4) is 11.1 Å². The molecule has 0 radical (unpaired) electrons. The van der Waals surface area contributed by atoms with E-state index in [1.807, 2.05) is 12.1 Å². The Labute approximate surface area is 100 Å². The van der Waals surface area contributed by atoms with Crippen molar-refractivity contribution in [3.05, 3.63) is 48.5 Å². The van der Waals surface area contributed by atoms with Gasteiger partial charge in [-0.15, -0.1) is 0 Å². The first-order chi connectivity index (χ1) is 8.06. The highest BCUT2D eigenvalue weighted by Crippen LogP contribution is 2.22. The van der Waals surface area contributed by atoms with Crippen LogP contribution in [-0.2, 0) is 15.6 Å². The lowest BCUT2D eigenvalue weighted by atomic mass is 10.1. The first-order valence-electron chi connectivity index (χ1n) is 5.07. The Morgan fingerprint density at radius 1 is 1.12 bits per heavy atom. The number of pyridine rings is 2. The molecule has 0 amide bonds. The Bertz CT molecular complexity index is 609. The van der Waals surface area contributed by atoms with Gasteiger partial charge in [0.1, 0.15) is 0 Å². The van der Waals surface area contributed by atoms with Crippen molar-refractivity contribution in [1.82, 2.24) is 9.97 Å². The summed E-state index contributed by atoms with van der Waals surface area (Å²) in [4.78, 5) is 8.05. The van der Waals surface area contributed by atoms with Crippen molar-refractivity contribution < 1.29 is 8.42 Å².